The van der Waals surface area contributed by atoms with E-state index < -0.39 is 6.10 Å². The van der Waals surface area contributed by atoms with Crippen LogP contribution in [0.15, 0.2) is 24.3 Å². The van der Waals surface area contributed by atoms with E-state index in [1.165, 1.54) is 5.56 Å². The molecule has 0 saturated heterocycles. The van der Waals surface area contributed by atoms with Gasteiger partial charge in [-0.05, 0) is 30.5 Å². The summed E-state index contributed by atoms with van der Waals surface area (Å²) in [7, 11) is 0. The van der Waals surface area contributed by atoms with Crippen molar-refractivity contribution >= 4 is 5.91 Å². The Labute approximate surface area is 108 Å². The Morgan fingerprint density at radius 2 is 2.11 bits per heavy atom. The van der Waals surface area contributed by atoms with Crippen molar-refractivity contribution in [2.45, 2.75) is 32.8 Å². The van der Waals surface area contributed by atoms with Gasteiger partial charge in [0, 0.05) is 6.54 Å². The molecule has 18 heavy (non-hydrogen) atoms. The van der Waals surface area contributed by atoms with Crippen LogP contribution in [0.4, 0.5) is 0 Å². The topological polar surface area (TPSA) is 58.6 Å². The van der Waals surface area contributed by atoms with E-state index in [2.05, 4.69) is 19.2 Å². The van der Waals surface area contributed by atoms with E-state index in [0.29, 0.717) is 11.7 Å². The molecule has 1 aromatic carbocycles. The summed E-state index contributed by atoms with van der Waals surface area (Å²) in [4.78, 5) is 11.4. The standard InChI is InChI=1S/C14H21NO3/c1-10(2)12-5-4-6-13(7-12)18-9-14(17)15-8-11(3)16/h4-7,10-11,16H,8-9H2,1-3H3,(H,15,17). The summed E-state index contributed by atoms with van der Waals surface area (Å²) in [6.07, 6.45) is -0.543. The van der Waals surface area contributed by atoms with Crippen LogP contribution in [0.1, 0.15) is 32.3 Å². The van der Waals surface area contributed by atoms with Crippen molar-refractivity contribution in [1.82, 2.24) is 5.32 Å². The van der Waals surface area contributed by atoms with Crippen molar-refractivity contribution in [1.29, 1.82) is 0 Å². The highest BCUT2D eigenvalue weighted by atomic mass is 16.5. The molecule has 1 unspecified atom stereocenters. The summed E-state index contributed by atoms with van der Waals surface area (Å²) in [5.74, 6) is 0.886. The van der Waals surface area contributed by atoms with Crippen LogP contribution in [0, 0.1) is 0 Å². The second-order valence-corrected chi connectivity index (χ2v) is 4.67. The highest BCUT2D eigenvalue weighted by Crippen LogP contribution is 2.19. The first-order chi connectivity index (χ1) is 8.49. The molecule has 0 spiro atoms. The number of carbonyl (C=O) groups excluding carboxylic acids is 1. The molecule has 4 heteroatoms. The van der Waals surface area contributed by atoms with E-state index in [1.54, 1.807) is 6.92 Å². The van der Waals surface area contributed by atoms with Gasteiger partial charge >= 0.3 is 0 Å². The molecule has 2 N–H and O–H groups in total. The summed E-state index contributed by atoms with van der Waals surface area (Å²) in [6, 6.07) is 7.71. The highest BCUT2D eigenvalue weighted by Gasteiger charge is 2.05. The van der Waals surface area contributed by atoms with E-state index in [9.17, 15) is 4.79 Å². The maximum atomic E-state index is 11.4. The fourth-order valence-corrected chi connectivity index (χ4v) is 1.42. The van der Waals surface area contributed by atoms with E-state index in [0.717, 1.165) is 0 Å². The number of carbonyl (C=O) groups is 1. The van der Waals surface area contributed by atoms with Gasteiger partial charge in [-0.1, -0.05) is 26.0 Å². The summed E-state index contributed by atoms with van der Waals surface area (Å²) >= 11 is 0. The van der Waals surface area contributed by atoms with E-state index in [1.807, 2.05) is 24.3 Å². The molecule has 0 aliphatic rings. The van der Waals surface area contributed by atoms with Crippen molar-refractivity contribution in [3.8, 4) is 5.75 Å². The van der Waals surface area contributed by atoms with Crippen LogP contribution in [-0.4, -0.2) is 30.3 Å². The van der Waals surface area contributed by atoms with E-state index in [4.69, 9.17) is 9.84 Å². The first-order valence-corrected chi connectivity index (χ1v) is 6.16. The molecular formula is C14H21NO3. The zero-order valence-electron chi connectivity index (χ0n) is 11.1. The lowest BCUT2D eigenvalue weighted by Gasteiger charge is -2.10. The van der Waals surface area contributed by atoms with Gasteiger partial charge in [-0.3, -0.25) is 4.79 Å². The summed E-state index contributed by atoms with van der Waals surface area (Å²) < 4.78 is 5.40. The predicted molar refractivity (Wildman–Crippen MR) is 70.7 cm³/mol. The average molecular weight is 251 g/mol. The second-order valence-electron chi connectivity index (χ2n) is 4.67. The third-order valence-corrected chi connectivity index (χ3v) is 2.49. The lowest BCUT2D eigenvalue weighted by atomic mass is 10.0. The van der Waals surface area contributed by atoms with Gasteiger partial charge in [0.25, 0.3) is 5.91 Å². The zero-order valence-corrected chi connectivity index (χ0v) is 11.1. The molecule has 0 heterocycles. The van der Waals surface area contributed by atoms with Crippen molar-refractivity contribution in [3.05, 3.63) is 29.8 Å². The van der Waals surface area contributed by atoms with Crippen LogP contribution in [0.25, 0.3) is 0 Å². The van der Waals surface area contributed by atoms with E-state index >= 15 is 0 Å². The van der Waals surface area contributed by atoms with E-state index in [-0.39, 0.29) is 19.1 Å². The number of nitrogens with one attached hydrogen (secondary N) is 1. The molecule has 1 aromatic rings. The van der Waals surface area contributed by atoms with Crippen LogP contribution >= 0.6 is 0 Å². The SMILES string of the molecule is CC(O)CNC(=O)COc1cccc(C(C)C)c1. The van der Waals surface area contributed by atoms with Gasteiger partial charge < -0.3 is 15.2 Å². The Bertz CT molecular complexity index is 388. The lowest BCUT2D eigenvalue weighted by molar-refractivity contribution is -0.123. The van der Waals surface area contributed by atoms with Gasteiger partial charge in [0.05, 0.1) is 6.10 Å². The maximum Gasteiger partial charge on any atom is 0.258 e. The van der Waals surface area contributed by atoms with Gasteiger partial charge in [0.15, 0.2) is 6.61 Å². The van der Waals surface area contributed by atoms with Crippen molar-refractivity contribution in [2.24, 2.45) is 0 Å². The number of benzene rings is 1. The van der Waals surface area contributed by atoms with Crippen molar-refractivity contribution in [2.75, 3.05) is 13.2 Å². The zero-order chi connectivity index (χ0) is 13.5. The van der Waals surface area contributed by atoms with Gasteiger partial charge in [0.2, 0.25) is 0 Å². The highest BCUT2D eigenvalue weighted by molar-refractivity contribution is 5.77. The molecule has 1 atom stereocenters. The quantitative estimate of drug-likeness (QED) is 0.809. The fraction of sp³-hybridized carbons (Fsp3) is 0.500. The Morgan fingerprint density at radius 1 is 1.39 bits per heavy atom. The third-order valence-electron chi connectivity index (χ3n) is 2.49. The van der Waals surface area contributed by atoms with Gasteiger partial charge in [-0.2, -0.15) is 0 Å². The molecular weight excluding hydrogens is 230 g/mol. The summed E-state index contributed by atoms with van der Waals surface area (Å²) in [5.41, 5.74) is 1.18. The molecule has 1 amide bonds. The van der Waals surface area contributed by atoms with Crippen LogP contribution in [0.2, 0.25) is 0 Å². The number of aliphatic hydroxyl groups excluding tert-OH is 1. The molecule has 1 rings (SSSR count). The minimum absolute atomic E-state index is 0.0335. The minimum Gasteiger partial charge on any atom is -0.484 e. The molecule has 0 aliphatic carbocycles. The second kappa shape index (κ2) is 7.01. The van der Waals surface area contributed by atoms with Crippen LogP contribution in [-0.2, 0) is 4.79 Å². The molecule has 0 saturated carbocycles. The van der Waals surface area contributed by atoms with Crippen molar-refractivity contribution in [3.63, 3.8) is 0 Å². The predicted octanol–water partition coefficient (Wildman–Crippen LogP) is 1.69. The average Bonchev–Trinajstić information content (AvgIpc) is 2.34. The Kier molecular flexibility index (Phi) is 5.65. The molecule has 4 nitrogen and oxygen atoms in total. The number of amides is 1. The molecule has 0 fully saturated rings. The third kappa shape index (κ3) is 5.19. The monoisotopic (exact) mass is 251 g/mol. The van der Waals surface area contributed by atoms with Crippen molar-refractivity contribution < 1.29 is 14.6 Å². The number of hydrogen-bond donors (Lipinski definition) is 2. The van der Waals surface area contributed by atoms with Crippen LogP contribution < -0.4 is 10.1 Å². The largest absolute Gasteiger partial charge is 0.484 e. The normalized spacial score (nSPS) is 12.3. The number of rotatable bonds is 6. The molecule has 0 bridgehead atoms. The summed E-state index contributed by atoms with van der Waals surface area (Å²) in [6.45, 7) is 6.04. The van der Waals surface area contributed by atoms with Gasteiger partial charge in [-0.25, -0.2) is 0 Å². The van der Waals surface area contributed by atoms with Crippen LogP contribution in [0.3, 0.4) is 0 Å². The van der Waals surface area contributed by atoms with Gasteiger partial charge in [0.1, 0.15) is 5.75 Å². The number of hydrogen-bond acceptors (Lipinski definition) is 3. The summed E-state index contributed by atoms with van der Waals surface area (Å²) in [5, 5.41) is 11.6. The van der Waals surface area contributed by atoms with Gasteiger partial charge in [-0.15, -0.1) is 0 Å². The lowest BCUT2D eigenvalue weighted by Crippen LogP contribution is -2.34. The first kappa shape index (κ1) is 14.5. The Hall–Kier alpha value is -1.55. The molecule has 100 valence electrons. The molecule has 0 radical (unpaired) electrons. The fourth-order valence-electron chi connectivity index (χ4n) is 1.42. The smallest absolute Gasteiger partial charge is 0.258 e. The maximum absolute atomic E-state index is 11.4. The minimum atomic E-state index is -0.543. The Morgan fingerprint density at radius 3 is 2.72 bits per heavy atom. The number of ether oxygens (including phenoxy) is 1. The molecule has 0 aromatic heterocycles. The Balaban J connectivity index is 2.43. The number of aliphatic hydroxyl groups is 1. The first-order valence-electron chi connectivity index (χ1n) is 6.16. The van der Waals surface area contributed by atoms with Crippen LogP contribution in [0.5, 0.6) is 5.75 Å². The molecule has 0 aliphatic heterocycles.